The smallest absolute Gasteiger partial charge is 0.259 e. The van der Waals surface area contributed by atoms with Gasteiger partial charge in [-0.3, -0.25) is 15.1 Å². The average molecular weight is 351 g/mol. The second-order valence-electron chi connectivity index (χ2n) is 5.97. The Bertz CT molecular complexity index is 951. The molecule has 4 rings (SSSR count). The van der Waals surface area contributed by atoms with E-state index in [-0.39, 0.29) is 5.91 Å². The zero-order valence-corrected chi connectivity index (χ0v) is 14.8. The number of fused-ring (bicyclic) bond motifs is 3. The van der Waals surface area contributed by atoms with E-state index in [9.17, 15) is 4.79 Å². The molecule has 0 atom stereocenters. The Labute approximate surface area is 149 Å². The summed E-state index contributed by atoms with van der Waals surface area (Å²) in [5.41, 5.74) is 4.96. The number of aryl methyl sites for hydroxylation is 3. The van der Waals surface area contributed by atoms with Gasteiger partial charge in [-0.1, -0.05) is 0 Å². The lowest BCUT2D eigenvalue weighted by Crippen LogP contribution is -2.11. The molecule has 0 radical (unpaired) electrons. The quantitative estimate of drug-likeness (QED) is 0.778. The van der Waals surface area contributed by atoms with Gasteiger partial charge in [0.2, 0.25) is 0 Å². The van der Waals surface area contributed by atoms with Gasteiger partial charge in [-0.2, -0.15) is 0 Å². The number of aromatic nitrogens is 2. The normalized spacial score (nSPS) is 12.2. The van der Waals surface area contributed by atoms with Crippen LogP contribution in [-0.4, -0.2) is 23.0 Å². The number of benzene rings is 1. The Hall–Kier alpha value is -2.73. The Kier molecular flexibility index (Phi) is 3.97. The van der Waals surface area contributed by atoms with Gasteiger partial charge in [0, 0.05) is 22.8 Å². The molecule has 0 aliphatic heterocycles. The molecule has 1 aliphatic rings. The van der Waals surface area contributed by atoms with Gasteiger partial charge in [-0.15, -0.1) is 11.3 Å². The van der Waals surface area contributed by atoms with Gasteiger partial charge in [0.15, 0.2) is 5.13 Å². The first-order chi connectivity index (χ1) is 12.2. The minimum Gasteiger partial charge on any atom is -0.496 e. The van der Waals surface area contributed by atoms with Gasteiger partial charge in [0.1, 0.15) is 5.75 Å². The highest BCUT2D eigenvalue weighted by Gasteiger charge is 2.23. The predicted molar refractivity (Wildman–Crippen MR) is 98.4 cm³/mol. The fraction of sp³-hybridized carbons (Fsp3) is 0.211. The lowest BCUT2D eigenvalue weighted by molar-refractivity contribution is 0.102. The highest BCUT2D eigenvalue weighted by Crippen LogP contribution is 2.40. The minimum atomic E-state index is -0.190. The molecular weight excluding hydrogens is 334 g/mol. The van der Waals surface area contributed by atoms with Crippen LogP contribution in [-0.2, 0) is 12.8 Å². The molecule has 25 heavy (non-hydrogen) atoms. The SMILES string of the molecule is COc1cc2c(cc1C)-c1nc(NC(=O)c3cccnc3)sc1CC2. The number of nitrogens with one attached hydrogen (secondary N) is 1. The van der Waals surface area contributed by atoms with Crippen molar-refractivity contribution < 1.29 is 9.53 Å². The number of nitrogens with zero attached hydrogens (tertiary/aromatic N) is 2. The van der Waals surface area contributed by atoms with Crippen molar-refractivity contribution in [1.29, 1.82) is 0 Å². The van der Waals surface area contributed by atoms with Crippen LogP contribution in [0.1, 0.15) is 26.4 Å². The van der Waals surface area contributed by atoms with E-state index in [1.807, 2.05) is 6.92 Å². The number of thiazole rings is 1. The number of carbonyl (C=O) groups excluding carboxylic acids is 1. The number of anilines is 1. The Morgan fingerprint density at radius 2 is 2.20 bits per heavy atom. The number of methoxy groups -OCH3 is 1. The van der Waals surface area contributed by atoms with Crippen LogP contribution in [0, 0.1) is 6.92 Å². The molecule has 0 fully saturated rings. The third kappa shape index (κ3) is 2.89. The van der Waals surface area contributed by atoms with Crippen LogP contribution in [0.25, 0.3) is 11.3 Å². The van der Waals surface area contributed by atoms with Crippen LogP contribution in [0.15, 0.2) is 36.7 Å². The maximum atomic E-state index is 12.3. The molecule has 2 heterocycles. The lowest BCUT2D eigenvalue weighted by atomic mass is 9.91. The molecule has 0 unspecified atom stereocenters. The van der Waals surface area contributed by atoms with Crippen LogP contribution in [0.5, 0.6) is 5.75 Å². The number of carbonyl (C=O) groups is 1. The van der Waals surface area contributed by atoms with Crippen molar-refractivity contribution in [2.45, 2.75) is 19.8 Å². The van der Waals surface area contributed by atoms with E-state index in [1.165, 1.54) is 10.4 Å². The summed E-state index contributed by atoms with van der Waals surface area (Å²) in [4.78, 5) is 22.2. The van der Waals surface area contributed by atoms with Crippen molar-refractivity contribution in [1.82, 2.24) is 9.97 Å². The van der Waals surface area contributed by atoms with Gasteiger partial charge < -0.3 is 4.74 Å². The Morgan fingerprint density at radius 3 is 2.96 bits per heavy atom. The maximum Gasteiger partial charge on any atom is 0.259 e. The molecule has 0 bridgehead atoms. The number of amides is 1. The van der Waals surface area contributed by atoms with E-state index in [0.29, 0.717) is 10.7 Å². The number of hydrogen-bond acceptors (Lipinski definition) is 5. The summed E-state index contributed by atoms with van der Waals surface area (Å²) in [7, 11) is 1.69. The molecule has 3 aromatic rings. The van der Waals surface area contributed by atoms with Crippen molar-refractivity contribution in [2.24, 2.45) is 0 Å². The molecule has 2 aromatic heterocycles. The van der Waals surface area contributed by atoms with Crippen LogP contribution in [0.4, 0.5) is 5.13 Å². The fourth-order valence-electron chi connectivity index (χ4n) is 3.08. The van der Waals surface area contributed by atoms with Crippen molar-refractivity contribution in [3.8, 4) is 17.0 Å². The first-order valence-electron chi connectivity index (χ1n) is 8.04. The summed E-state index contributed by atoms with van der Waals surface area (Å²) in [5.74, 6) is 0.716. The van der Waals surface area contributed by atoms with Crippen molar-refractivity contribution >= 4 is 22.4 Å². The van der Waals surface area contributed by atoms with Gasteiger partial charge >= 0.3 is 0 Å². The van der Waals surface area contributed by atoms with E-state index in [4.69, 9.17) is 4.74 Å². The second kappa shape index (κ2) is 6.29. The number of pyridine rings is 1. The van der Waals surface area contributed by atoms with Gasteiger partial charge in [0.25, 0.3) is 5.91 Å². The van der Waals surface area contributed by atoms with E-state index >= 15 is 0 Å². The van der Waals surface area contributed by atoms with E-state index in [2.05, 4.69) is 27.4 Å². The van der Waals surface area contributed by atoms with Crippen molar-refractivity contribution in [3.05, 3.63) is 58.2 Å². The largest absolute Gasteiger partial charge is 0.496 e. The van der Waals surface area contributed by atoms with Crippen molar-refractivity contribution in [3.63, 3.8) is 0 Å². The molecule has 0 saturated carbocycles. The van der Waals surface area contributed by atoms with Crippen LogP contribution >= 0.6 is 11.3 Å². The van der Waals surface area contributed by atoms with Crippen LogP contribution in [0.2, 0.25) is 0 Å². The van der Waals surface area contributed by atoms with E-state index in [0.717, 1.165) is 35.4 Å². The standard InChI is InChI=1S/C19H17N3O2S/c1-11-8-14-12(9-15(11)24-2)5-6-16-17(14)21-19(25-16)22-18(23)13-4-3-7-20-10-13/h3-4,7-10H,5-6H2,1-2H3,(H,21,22,23). The summed E-state index contributed by atoms with van der Waals surface area (Å²) in [5, 5.41) is 3.51. The van der Waals surface area contributed by atoms with Gasteiger partial charge in [-0.25, -0.2) is 4.98 Å². The zero-order valence-electron chi connectivity index (χ0n) is 14.0. The summed E-state index contributed by atoms with van der Waals surface area (Å²) in [6.45, 7) is 2.03. The molecule has 0 spiro atoms. The molecule has 1 amide bonds. The number of ether oxygens (including phenoxy) is 1. The monoisotopic (exact) mass is 351 g/mol. The molecule has 1 N–H and O–H groups in total. The third-order valence-corrected chi connectivity index (χ3v) is 5.37. The summed E-state index contributed by atoms with van der Waals surface area (Å²) < 4.78 is 5.43. The topological polar surface area (TPSA) is 64.1 Å². The number of hydrogen-bond donors (Lipinski definition) is 1. The summed E-state index contributed by atoms with van der Waals surface area (Å²) in [6.07, 6.45) is 5.08. The Balaban J connectivity index is 1.66. The molecule has 5 nitrogen and oxygen atoms in total. The predicted octanol–water partition coefficient (Wildman–Crippen LogP) is 3.87. The maximum absolute atomic E-state index is 12.3. The molecule has 0 saturated heterocycles. The Morgan fingerprint density at radius 1 is 1.32 bits per heavy atom. The van der Waals surface area contributed by atoms with Crippen LogP contribution < -0.4 is 10.1 Å². The van der Waals surface area contributed by atoms with Crippen molar-refractivity contribution in [2.75, 3.05) is 12.4 Å². The molecule has 1 aliphatic carbocycles. The summed E-state index contributed by atoms with van der Waals surface area (Å²) >= 11 is 1.54. The highest BCUT2D eigenvalue weighted by atomic mass is 32.1. The van der Waals surface area contributed by atoms with Gasteiger partial charge in [-0.05, 0) is 55.2 Å². The van der Waals surface area contributed by atoms with E-state index < -0.39 is 0 Å². The molecule has 126 valence electrons. The minimum absolute atomic E-state index is 0.190. The average Bonchev–Trinajstić information content (AvgIpc) is 3.05. The zero-order chi connectivity index (χ0) is 17.4. The van der Waals surface area contributed by atoms with E-state index in [1.54, 1.807) is 43.0 Å². The first-order valence-corrected chi connectivity index (χ1v) is 8.86. The highest BCUT2D eigenvalue weighted by molar-refractivity contribution is 7.16. The fourth-order valence-corrected chi connectivity index (χ4v) is 4.05. The number of rotatable bonds is 3. The molecule has 6 heteroatoms. The van der Waals surface area contributed by atoms with Crippen LogP contribution in [0.3, 0.4) is 0 Å². The molecule has 1 aromatic carbocycles. The lowest BCUT2D eigenvalue weighted by Gasteiger charge is -2.17. The van der Waals surface area contributed by atoms with Gasteiger partial charge in [0.05, 0.1) is 18.4 Å². The molecular formula is C19H17N3O2S. The summed E-state index contributed by atoms with van der Waals surface area (Å²) in [6, 6.07) is 7.70. The third-order valence-electron chi connectivity index (χ3n) is 4.34. The second-order valence-corrected chi connectivity index (χ2v) is 7.05. The first kappa shape index (κ1) is 15.8.